The van der Waals surface area contributed by atoms with Crippen LogP contribution in [-0.2, 0) is 4.79 Å². The van der Waals surface area contributed by atoms with Gasteiger partial charge in [-0.15, -0.1) is 0 Å². The van der Waals surface area contributed by atoms with Crippen molar-refractivity contribution in [3.05, 3.63) is 32.3 Å². The Morgan fingerprint density at radius 3 is 2.81 bits per heavy atom. The second-order valence-electron chi connectivity index (χ2n) is 4.22. The molecule has 5 nitrogen and oxygen atoms in total. The first-order valence-corrected chi connectivity index (χ1v) is 8.05. The number of hydrogen-bond acceptors (Lipinski definition) is 4. The molecule has 0 fully saturated rings. The Morgan fingerprint density at radius 2 is 2.19 bits per heavy atom. The number of carbonyl (C=O) groups is 1. The first-order chi connectivity index (χ1) is 9.97. The van der Waals surface area contributed by atoms with Gasteiger partial charge >= 0.3 is 0 Å². The number of ether oxygens (including phenoxy) is 1. The van der Waals surface area contributed by atoms with Crippen molar-refractivity contribution in [1.29, 1.82) is 0 Å². The number of nitrogens with two attached hydrogens (primary N) is 1. The molecule has 112 valence electrons. The number of hydrazine groups is 1. The highest BCUT2D eigenvalue weighted by Crippen LogP contribution is 2.38. The van der Waals surface area contributed by atoms with Crippen LogP contribution in [0.25, 0.3) is 10.9 Å². The van der Waals surface area contributed by atoms with Crippen LogP contribution in [-0.4, -0.2) is 17.0 Å². The molecule has 0 saturated heterocycles. The van der Waals surface area contributed by atoms with Gasteiger partial charge in [-0.2, -0.15) is 0 Å². The number of rotatable bonds is 4. The summed E-state index contributed by atoms with van der Waals surface area (Å²) in [6.07, 6.45) is -0.246. The zero-order chi connectivity index (χ0) is 15.6. The fourth-order valence-corrected chi connectivity index (χ4v) is 3.35. The van der Waals surface area contributed by atoms with Gasteiger partial charge in [-0.05, 0) is 40.5 Å². The van der Waals surface area contributed by atoms with E-state index in [-0.39, 0.29) is 0 Å². The molecule has 1 atom stereocenters. The van der Waals surface area contributed by atoms with Crippen LogP contribution in [0.15, 0.2) is 27.1 Å². The fraction of sp³-hybridized carbons (Fsp3) is 0.231. The van der Waals surface area contributed by atoms with Crippen LogP contribution in [0.5, 0.6) is 5.75 Å². The van der Waals surface area contributed by atoms with Gasteiger partial charge in [0.15, 0.2) is 11.9 Å². The number of pyridine rings is 1. The van der Waals surface area contributed by atoms with E-state index in [0.29, 0.717) is 27.3 Å². The molecule has 1 aromatic carbocycles. The summed E-state index contributed by atoms with van der Waals surface area (Å²) in [7, 11) is 0. The van der Waals surface area contributed by atoms with Crippen molar-refractivity contribution in [2.24, 2.45) is 5.84 Å². The maximum absolute atomic E-state index is 11.7. The van der Waals surface area contributed by atoms with Gasteiger partial charge in [0.25, 0.3) is 5.91 Å². The van der Waals surface area contributed by atoms with E-state index in [0.717, 1.165) is 9.86 Å². The lowest BCUT2D eigenvalue weighted by atomic mass is 10.2. The molecular weight excluding hydrogens is 425 g/mol. The molecule has 0 aliphatic rings. The van der Waals surface area contributed by atoms with Gasteiger partial charge in [0.05, 0.1) is 4.47 Å². The van der Waals surface area contributed by atoms with Crippen molar-refractivity contribution in [1.82, 2.24) is 10.4 Å². The number of nitrogens with zero attached hydrogens (tertiary/aromatic N) is 1. The normalized spacial score (nSPS) is 12.2. The van der Waals surface area contributed by atoms with Gasteiger partial charge in [-0.25, -0.2) is 10.8 Å². The van der Waals surface area contributed by atoms with Gasteiger partial charge in [-0.1, -0.05) is 34.5 Å². The van der Waals surface area contributed by atoms with Crippen LogP contribution in [0, 0.1) is 0 Å². The van der Waals surface area contributed by atoms with Gasteiger partial charge in [0.2, 0.25) is 0 Å². The van der Waals surface area contributed by atoms with E-state index in [4.69, 9.17) is 22.2 Å². The lowest BCUT2D eigenvalue weighted by Crippen LogP contribution is -2.41. The van der Waals surface area contributed by atoms with Crippen molar-refractivity contribution < 1.29 is 9.53 Å². The summed E-state index contributed by atoms with van der Waals surface area (Å²) in [6, 6.07) is 5.36. The SMILES string of the molecule is CCC(Oc1c(Br)cc(Br)c2ccc(Cl)nc12)C(=O)NN. The molecular formula is C13H12Br2ClN3O2. The number of aromatic nitrogens is 1. The first kappa shape index (κ1) is 16.5. The zero-order valence-electron chi connectivity index (χ0n) is 11.0. The Morgan fingerprint density at radius 1 is 1.48 bits per heavy atom. The summed E-state index contributed by atoms with van der Waals surface area (Å²) < 4.78 is 7.30. The number of amides is 1. The van der Waals surface area contributed by atoms with Gasteiger partial charge < -0.3 is 4.74 Å². The van der Waals surface area contributed by atoms with E-state index in [1.807, 2.05) is 19.1 Å². The molecule has 0 bridgehead atoms. The Labute approximate surface area is 143 Å². The molecule has 1 heterocycles. The Hall–Kier alpha value is -0.890. The number of nitrogens with one attached hydrogen (secondary N) is 1. The number of fused-ring (bicyclic) bond motifs is 1. The highest BCUT2D eigenvalue weighted by molar-refractivity contribution is 9.11. The minimum absolute atomic E-state index is 0.341. The molecule has 21 heavy (non-hydrogen) atoms. The summed E-state index contributed by atoms with van der Waals surface area (Å²) >= 11 is 12.8. The van der Waals surface area contributed by atoms with Crippen molar-refractivity contribution in [2.75, 3.05) is 0 Å². The molecule has 2 aromatic rings. The second kappa shape index (κ2) is 6.91. The maximum atomic E-state index is 11.7. The Kier molecular flexibility index (Phi) is 5.43. The van der Waals surface area contributed by atoms with Crippen LogP contribution in [0.3, 0.4) is 0 Å². The van der Waals surface area contributed by atoms with E-state index >= 15 is 0 Å². The van der Waals surface area contributed by atoms with Crippen molar-refractivity contribution in [3.8, 4) is 5.75 Å². The predicted octanol–water partition coefficient (Wildman–Crippen LogP) is 3.56. The largest absolute Gasteiger partial charge is 0.477 e. The highest BCUT2D eigenvalue weighted by atomic mass is 79.9. The summed E-state index contributed by atoms with van der Waals surface area (Å²) in [4.78, 5) is 16.0. The average Bonchev–Trinajstić information content (AvgIpc) is 2.46. The summed E-state index contributed by atoms with van der Waals surface area (Å²) in [5.74, 6) is 5.22. The lowest BCUT2D eigenvalue weighted by molar-refractivity contribution is -0.128. The molecule has 0 radical (unpaired) electrons. The number of hydrogen-bond donors (Lipinski definition) is 2. The maximum Gasteiger partial charge on any atom is 0.274 e. The molecule has 1 aromatic heterocycles. The summed E-state index contributed by atoms with van der Waals surface area (Å²) in [5, 5.41) is 1.18. The Balaban J connectivity index is 2.57. The van der Waals surface area contributed by atoms with Crippen molar-refractivity contribution in [3.63, 3.8) is 0 Å². The molecule has 0 saturated carbocycles. The van der Waals surface area contributed by atoms with E-state index < -0.39 is 12.0 Å². The van der Waals surface area contributed by atoms with E-state index in [1.54, 1.807) is 6.07 Å². The summed E-state index contributed by atoms with van der Waals surface area (Å²) in [5.41, 5.74) is 2.65. The van der Waals surface area contributed by atoms with Gasteiger partial charge in [0, 0.05) is 9.86 Å². The smallest absolute Gasteiger partial charge is 0.274 e. The molecule has 3 N–H and O–H groups in total. The van der Waals surface area contributed by atoms with E-state index in [1.165, 1.54) is 0 Å². The molecule has 8 heteroatoms. The quantitative estimate of drug-likeness (QED) is 0.332. The third-order valence-corrected chi connectivity index (χ3v) is 4.33. The predicted molar refractivity (Wildman–Crippen MR) is 89.2 cm³/mol. The standard InChI is InChI=1S/C13H12Br2ClN3O2/c1-2-9(13(20)19-17)21-12-8(15)5-7(14)6-3-4-10(16)18-11(6)12/h3-5,9H,2,17H2,1H3,(H,19,20). The lowest BCUT2D eigenvalue weighted by Gasteiger charge is -2.18. The minimum atomic E-state index is -0.712. The van der Waals surface area contributed by atoms with Crippen molar-refractivity contribution >= 4 is 60.3 Å². The molecule has 0 aliphatic carbocycles. The number of carbonyl (C=O) groups excluding carboxylic acids is 1. The highest BCUT2D eigenvalue weighted by Gasteiger charge is 2.21. The van der Waals surface area contributed by atoms with Crippen LogP contribution in [0.1, 0.15) is 13.3 Å². The molecule has 1 amide bonds. The van der Waals surface area contributed by atoms with Gasteiger partial charge in [0.1, 0.15) is 10.7 Å². The molecule has 0 spiro atoms. The van der Waals surface area contributed by atoms with Crippen LogP contribution < -0.4 is 16.0 Å². The molecule has 1 unspecified atom stereocenters. The average molecular weight is 438 g/mol. The summed E-state index contributed by atoms with van der Waals surface area (Å²) in [6.45, 7) is 1.83. The van der Waals surface area contributed by atoms with Crippen LogP contribution in [0.2, 0.25) is 5.15 Å². The van der Waals surface area contributed by atoms with Crippen molar-refractivity contribution in [2.45, 2.75) is 19.4 Å². The van der Waals surface area contributed by atoms with Crippen LogP contribution in [0.4, 0.5) is 0 Å². The fourth-order valence-electron chi connectivity index (χ4n) is 1.84. The monoisotopic (exact) mass is 435 g/mol. The minimum Gasteiger partial charge on any atom is -0.477 e. The second-order valence-corrected chi connectivity index (χ2v) is 6.32. The number of benzene rings is 1. The third kappa shape index (κ3) is 3.48. The zero-order valence-corrected chi connectivity index (χ0v) is 14.9. The first-order valence-electron chi connectivity index (χ1n) is 6.09. The Bertz CT molecular complexity index is 697. The number of halogens is 3. The molecule has 2 rings (SSSR count). The van der Waals surface area contributed by atoms with Gasteiger partial charge in [-0.3, -0.25) is 10.2 Å². The topological polar surface area (TPSA) is 77.2 Å². The van der Waals surface area contributed by atoms with Crippen LogP contribution >= 0.6 is 43.5 Å². The molecule has 0 aliphatic heterocycles. The third-order valence-electron chi connectivity index (χ3n) is 2.87. The van der Waals surface area contributed by atoms with E-state index in [9.17, 15) is 4.79 Å². The van der Waals surface area contributed by atoms with E-state index in [2.05, 4.69) is 42.3 Å².